The molecule has 0 amide bonds. The number of rotatable bonds is 2. The van der Waals surface area contributed by atoms with Gasteiger partial charge in [-0.15, -0.1) is 0 Å². The van der Waals surface area contributed by atoms with Gasteiger partial charge in [0.1, 0.15) is 6.10 Å². The summed E-state index contributed by atoms with van der Waals surface area (Å²) in [5, 5.41) is 0.0431. The lowest BCUT2D eigenvalue weighted by Gasteiger charge is -2.50. The van der Waals surface area contributed by atoms with Crippen molar-refractivity contribution >= 4 is 35.0 Å². The van der Waals surface area contributed by atoms with Gasteiger partial charge in [0.25, 0.3) is 0 Å². The fourth-order valence-corrected chi connectivity index (χ4v) is 3.25. The summed E-state index contributed by atoms with van der Waals surface area (Å²) in [7, 11) is 0. The minimum absolute atomic E-state index is 0.0216. The summed E-state index contributed by atoms with van der Waals surface area (Å²) >= 11 is 17.9. The van der Waals surface area contributed by atoms with Crippen LogP contribution in [0.5, 0.6) is 6.01 Å². The van der Waals surface area contributed by atoms with Crippen LogP contribution in [0.2, 0.25) is 10.6 Å². The molecule has 0 aromatic carbocycles. The van der Waals surface area contributed by atoms with Gasteiger partial charge in [-0.1, -0.05) is 0 Å². The normalized spacial score (nSPS) is 22.8. The molecule has 0 spiro atoms. The Morgan fingerprint density at radius 2 is 1.45 bits per heavy atom. The molecule has 8 heteroatoms. The summed E-state index contributed by atoms with van der Waals surface area (Å²) in [4.78, 5) is 11.6. The second-order valence-electron chi connectivity index (χ2n) is 6.21. The number of halogens is 3. The Labute approximate surface area is 133 Å². The smallest absolute Gasteiger partial charge is 0.322 e. The van der Waals surface area contributed by atoms with E-state index in [2.05, 4.69) is 42.6 Å². The Morgan fingerprint density at radius 3 is 1.90 bits per heavy atom. The Kier molecular flexibility index (Phi) is 4.36. The Bertz CT molecular complexity index is 471. The lowest BCUT2D eigenvalue weighted by molar-refractivity contribution is -0.0178. The van der Waals surface area contributed by atoms with Crippen molar-refractivity contribution in [1.82, 2.24) is 19.4 Å². The molecule has 1 fully saturated rings. The van der Waals surface area contributed by atoms with Gasteiger partial charge in [0.15, 0.2) is 0 Å². The van der Waals surface area contributed by atoms with E-state index < -0.39 is 0 Å². The lowest BCUT2D eigenvalue weighted by Crippen LogP contribution is -2.58. The minimum Gasteiger partial charge on any atom is -0.460 e. The fraction of sp³-hybridized carbons (Fsp3) is 0.750. The van der Waals surface area contributed by atoms with Crippen LogP contribution in [-0.2, 0) is 0 Å². The summed E-state index contributed by atoms with van der Waals surface area (Å²) in [6.07, 6.45) is 1.44. The first kappa shape index (κ1) is 16.0. The van der Waals surface area contributed by atoms with E-state index in [1.54, 1.807) is 0 Å². The third kappa shape index (κ3) is 3.45. The molecule has 0 aliphatic carbocycles. The largest absolute Gasteiger partial charge is 0.460 e. The average Bonchev–Trinajstić information content (AvgIpc) is 2.23. The van der Waals surface area contributed by atoms with Gasteiger partial charge >= 0.3 is 6.01 Å². The van der Waals surface area contributed by atoms with Gasteiger partial charge in [-0.3, -0.25) is 0 Å². The van der Waals surface area contributed by atoms with Gasteiger partial charge < -0.3 is 4.74 Å². The van der Waals surface area contributed by atoms with Crippen molar-refractivity contribution in [2.24, 2.45) is 0 Å². The third-order valence-corrected chi connectivity index (χ3v) is 4.60. The number of hydrogen-bond acceptors (Lipinski definition) is 5. The summed E-state index contributed by atoms with van der Waals surface area (Å²) < 4.78 is 7.67. The van der Waals surface area contributed by atoms with Gasteiger partial charge in [-0.25, -0.2) is 4.42 Å². The molecule has 0 atom stereocenters. The predicted octanol–water partition coefficient (Wildman–Crippen LogP) is 3.73. The van der Waals surface area contributed by atoms with E-state index in [0.29, 0.717) is 0 Å². The van der Waals surface area contributed by atoms with Crippen LogP contribution in [0.15, 0.2) is 0 Å². The predicted molar refractivity (Wildman–Crippen MR) is 79.3 cm³/mol. The van der Waals surface area contributed by atoms with Crippen LogP contribution in [0.25, 0.3) is 0 Å². The molecule has 1 aliphatic heterocycles. The second kappa shape index (κ2) is 5.44. The fourth-order valence-electron chi connectivity index (χ4n) is 2.76. The van der Waals surface area contributed by atoms with Crippen molar-refractivity contribution < 1.29 is 4.74 Å². The quantitative estimate of drug-likeness (QED) is 0.768. The van der Waals surface area contributed by atoms with Crippen LogP contribution >= 0.6 is 35.0 Å². The molecule has 2 heterocycles. The molecule has 1 aromatic rings. The third-order valence-electron chi connectivity index (χ3n) is 3.35. The molecule has 1 aromatic heterocycles. The van der Waals surface area contributed by atoms with E-state index >= 15 is 0 Å². The van der Waals surface area contributed by atoms with Crippen molar-refractivity contribution in [3.63, 3.8) is 0 Å². The first-order chi connectivity index (χ1) is 9.10. The van der Waals surface area contributed by atoms with Crippen molar-refractivity contribution in [3.05, 3.63) is 10.6 Å². The first-order valence-corrected chi connectivity index (χ1v) is 7.39. The zero-order valence-corrected chi connectivity index (χ0v) is 14.1. The van der Waals surface area contributed by atoms with Crippen molar-refractivity contribution in [2.45, 2.75) is 57.7 Å². The van der Waals surface area contributed by atoms with E-state index in [0.717, 1.165) is 12.8 Å². The molecule has 5 nitrogen and oxygen atoms in total. The Hall–Kier alpha value is -0.360. The highest BCUT2D eigenvalue weighted by Gasteiger charge is 2.46. The van der Waals surface area contributed by atoms with E-state index in [4.69, 9.17) is 39.7 Å². The zero-order chi connectivity index (χ0) is 15.1. The molecular formula is C12H17Cl3N4O. The number of ether oxygens (including phenoxy) is 1. The summed E-state index contributed by atoms with van der Waals surface area (Å²) in [6, 6.07) is 0.148. The number of aromatic nitrogens is 3. The van der Waals surface area contributed by atoms with Crippen LogP contribution in [0, 0.1) is 0 Å². The molecule has 0 saturated carbocycles. The topological polar surface area (TPSA) is 51.1 Å². The highest BCUT2D eigenvalue weighted by molar-refractivity contribution is 6.31. The monoisotopic (exact) mass is 338 g/mol. The van der Waals surface area contributed by atoms with Crippen LogP contribution in [0.4, 0.5) is 0 Å². The van der Waals surface area contributed by atoms with Crippen LogP contribution in [0.3, 0.4) is 0 Å². The van der Waals surface area contributed by atoms with E-state index in [1.165, 1.54) is 0 Å². The van der Waals surface area contributed by atoms with Crippen LogP contribution in [0.1, 0.15) is 40.5 Å². The maximum Gasteiger partial charge on any atom is 0.322 e. The molecule has 1 aliphatic rings. The van der Waals surface area contributed by atoms with Crippen LogP contribution in [-0.4, -0.2) is 36.6 Å². The standard InChI is InChI=1S/C12H17Cl3N4O/c1-11(2)5-7(6-12(3,4)19(11)15)20-10-17-8(13)16-9(14)18-10/h7H,5-6H2,1-4H3. The SMILES string of the molecule is CC1(C)CC(Oc2nc(Cl)nc(Cl)n2)CC(C)(C)N1Cl. The molecular weight excluding hydrogens is 323 g/mol. The molecule has 112 valence electrons. The molecule has 0 N–H and O–H groups in total. The van der Waals surface area contributed by atoms with Gasteiger partial charge in [0.05, 0.1) is 0 Å². The summed E-state index contributed by atoms with van der Waals surface area (Å²) in [5.41, 5.74) is -0.400. The highest BCUT2D eigenvalue weighted by atomic mass is 35.5. The maximum absolute atomic E-state index is 6.41. The molecule has 20 heavy (non-hydrogen) atoms. The lowest BCUT2D eigenvalue weighted by atomic mass is 9.81. The van der Waals surface area contributed by atoms with Crippen LogP contribution < -0.4 is 4.74 Å². The number of piperidine rings is 1. The van der Waals surface area contributed by atoms with E-state index in [9.17, 15) is 0 Å². The second-order valence-corrected chi connectivity index (χ2v) is 7.22. The molecule has 0 bridgehead atoms. The minimum atomic E-state index is -0.200. The first-order valence-electron chi connectivity index (χ1n) is 6.30. The van der Waals surface area contributed by atoms with E-state index in [1.807, 2.05) is 4.42 Å². The molecule has 0 radical (unpaired) electrons. The highest BCUT2D eigenvalue weighted by Crippen LogP contribution is 2.40. The molecule has 1 saturated heterocycles. The molecule has 2 rings (SSSR count). The van der Waals surface area contributed by atoms with Gasteiger partial charge in [-0.05, 0) is 62.7 Å². The zero-order valence-electron chi connectivity index (χ0n) is 11.8. The Morgan fingerprint density at radius 1 is 1.00 bits per heavy atom. The van der Waals surface area contributed by atoms with Crippen molar-refractivity contribution in [3.8, 4) is 6.01 Å². The average molecular weight is 340 g/mol. The number of hydrogen-bond donors (Lipinski definition) is 0. The van der Waals surface area contributed by atoms with E-state index in [-0.39, 0.29) is 33.8 Å². The van der Waals surface area contributed by atoms with Gasteiger partial charge in [0, 0.05) is 23.9 Å². The van der Waals surface area contributed by atoms with Gasteiger partial charge in [-0.2, -0.15) is 15.0 Å². The van der Waals surface area contributed by atoms with Crippen molar-refractivity contribution in [2.75, 3.05) is 0 Å². The van der Waals surface area contributed by atoms with Crippen molar-refractivity contribution in [1.29, 1.82) is 0 Å². The summed E-state index contributed by atoms with van der Waals surface area (Å²) in [6.45, 7) is 8.30. The number of nitrogens with zero attached hydrogens (tertiary/aromatic N) is 4. The maximum atomic E-state index is 6.41. The Balaban J connectivity index is 2.18. The molecule has 0 unspecified atom stereocenters. The van der Waals surface area contributed by atoms with Gasteiger partial charge in [0.2, 0.25) is 10.6 Å². The summed E-state index contributed by atoms with van der Waals surface area (Å²) in [5.74, 6) is 0.